The Morgan fingerprint density at radius 3 is 2.61 bits per heavy atom. The summed E-state index contributed by atoms with van der Waals surface area (Å²) in [4.78, 5) is 7.97. The first-order chi connectivity index (χ1) is 17.5. The lowest BCUT2D eigenvalue weighted by molar-refractivity contribution is 0.0323. The average Bonchev–Trinajstić information content (AvgIpc) is 2.92. The van der Waals surface area contributed by atoms with E-state index < -0.39 is 6.17 Å². The number of likely N-dealkylation sites (tertiary alicyclic amines) is 1. The summed E-state index contributed by atoms with van der Waals surface area (Å²) in [6.07, 6.45) is 2.92. The molecule has 0 saturated carbocycles. The number of nitrogens with zero attached hydrogens (tertiary/aromatic N) is 2. The molecule has 5 nitrogen and oxygen atoms in total. The van der Waals surface area contributed by atoms with Crippen molar-refractivity contribution in [3.8, 4) is 11.5 Å². The number of halogens is 2. The van der Waals surface area contributed by atoms with Crippen LogP contribution in [-0.2, 0) is 0 Å². The Kier molecular flexibility index (Phi) is 9.34. The number of methoxy groups -OCH3 is 2. The van der Waals surface area contributed by atoms with Crippen LogP contribution in [-0.4, -0.2) is 61.2 Å². The quantitative estimate of drug-likeness (QED) is 0.282. The molecular weight excluding hydrogens is 499 g/mol. The lowest BCUT2D eigenvalue weighted by atomic mass is 9.74. The molecule has 1 saturated heterocycles. The standard InChI is InChI=1S/C28H34ClFN2O3S/c1-34-20-4-3-5-22(16-20)36-15-14-32-12-10-28(19-33,11-13-32)9-8-25(30)27-23-17-21(35-2)6-7-26(23)31-18-24(27)29/h3-7,16-18,25,33H,8-15,19H2,1-2H3/t25-/m0/s1. The van der Waals surface area contributed by atoms with Gasteiger partial charge in [-0.2, -0.15) is 0 Å². The summed E-state index contributed by atoms with van der Waals surface area (Å²) in [6.45, 7) is 2.87. The summed E-state index contributed by atoms with van der Waals surface area (Å²) in [6, 6.07) is 13.5. The minimum absolute atomic E-state index is 0.0742. The molecule has 1 fully saturated rings. The molecule has 0 bridgehead atoms. The molecule has 1 N–H and O–H groups in total. The molecule has 1 aromatic heterocycles. The molecule has 0 unspecified atom stereocenters. The Morgan fingerprint density at radius 2 is 1.89 bits per heavy atom. The summed E-state index contributed by atoms with van der Waals surface area (Å²) in [5, 5.41) is 11.3. The summed E-state index contributed by atoms with van der Waals surface area (Å²) in [7, 11) is 3.27. The van der Waals surface area contributed by atoms with Gasteiger partial charge >= 0.3 is 0 Å². The molecule has 4 rings (SSSR count). The third-order valence-electron chi connectivity index (χ3n) is 7.28. The van der Waals surface area contributed by atoms with Crippen LogP contribution in [0, 0.1) is 5.41 Å². The van der Waals surface area contributed by atoms with Gasteiger partial charge in [-0.1, -0.05) is 17.7 Å². The third kappa shape index (κ3) is 6.43. The SMILES string of the molecule is COc1cccc(SCCN2CCC(CO)(CC[C@H](F)c3c(Cl)cnc4ccc(OC)cc34)CC2)c1. The lowest BCUT2D eigenvalue weighted by Crippen LogP contribution is -2.42. The second-order valence-electron chi connectivity index (χ2n) is 9.44. The highest BCUT2D eigenvalue weighted by Gasteiger charge is 2.35. The summed E-state index contributed by atoms with van der Waals surface area (Å²) in [5.74, 6) is 2.50. The number of aliphatic hydroxyl groups excluding tert-OH is 1. The number of hydrogen-bond acceptors (Lipinski definition) is 6. The van der Waals surface area contributed by atoms with Crippen molar-refractivity contribution < 1.29 is 19.0 Å². The van der Waals surface area contributed by atoms with Crippen molar-refractivity contribution in [2.75, 3.05) is 46.2 Å². The van der Waals surface area contributed by atoms with Crippen LogP contribution in [0.2, 0.25) is 5.02 Å². The van der Waals surface area contributed by atoms with E-state index in [0.29, 0.717) is 40.1 Å². The second kappa shape index (κ2) is 12.5. The zero-order valence-corrected chi connectivity index (χ0v) is 22.5. The van der Waals surface area contributed by atoms with Gasteiger partial charge in [-0.05, 0) is 80.6 Å². The molecule has 1 aliphatic rings. The maximum atomic E-state index is 15.6. The van der Waals surface area contributed by atoms with Gasteiger partial charge in [0, 0.05) is 40.9 Å². The second-order valence-corrected chi connectivity index (χ2v) is 11.0. The Morgan fingerprint density at radius 1 is 1.14 bits per heavy atom. The number of alkyl halides is 1. The van der Waals surface area contributed by atoms with E-state index in [1.165, 1.54) is 11.1 Å². The Labute approximate surface area is 222 Å². The zero-order valence-electron chi connectivity index (χ0n) is 20.9. The number of piperidine rings is 1. The molecular formula is C28H34ClFN2O3S. The van der Waals surface area contributed by atoms with Crippen molar-refractivity contribution in [1.29, 1.82) is 0 Å². The van der Waals surface area contributed by atoms with E-state index in [-0.39, 0.29) is 12.0 Å². The topological polar surface area (TPSA) is 54.8 Å². The first kappa shape index (κ1) is 27.0. The Hall–Kier alpha value is -2.06. The maximum absolute atomic E-state index is 15.6. The fraction of sp³-hybridized carbons (Fsp3) is 0.464. The summed E-state index contributed by atoms with van der Waals surface area (Å²) in [5.41, 5.74) is 0.892. The molecule has 36 heavy (non-hydrogen) atoms. The fourth-order valence-electron chi connectivity index (χ4n) is 4.91. The largest absolute Gasteiger partial charge is 0.497 e. The summed E-state index contributed by atoms with van der Waals surface area (Å²) >= 11 is 8.22. The van der Waals surface area contributed by atoms with Gasteiger partial charge in [-0.3, -0.25) is 4.98 Å². The normalized spacial score (nSPS) is 16.7. The molecule has 0 amide bonds. The van der Waals surface area contributed by atoms with Gasteiger partial charge in [0.2, 0.25) is 0 Å². The van der Waals surface area contributed by atoms with Crippen LogP contribution in [0.3, 0.4) is 0 Å². The first-order valence-electron chi connectivity index (χ1n) is 12.3. The smallest absolute Gasteiger partial charge is 0.127 e. The van der Waals surface area contributed by atoms with Gasteiger partial charge in [0.25, 0.3) is 0 Å². The maximum Gasteiger partial charge on any atom is 0.127 e. The summed E-state index contributed by atoms with van der Waals surface area (Å²) < 4.78 is 26.2. The van der Waals surface area contributed by atoms with Crippen molar-refractivity contribution in [3.05, 3.63) is 59.2 Å². The number of thioether (sulfide) groups is 1. The molecule has 1 aliphatic heterocycles. The van der Waals surface area contributed by atoms with Crippen molar-refractivity contribution in [1.82, 2.24) is 9.88 Å². The minimum atomic E-state index is -1.24. The van der Waals surface area contributed by atoms with Gasteiger partial charge in [-0.25, -0.2) is 4.39 Å². The van der Waals surface area contributed by atoms with Crippen LogP contribution in [0.25, 0.3) is 10.9 Å². The number of pyridine rings is 1. The molecule has 0 aliphatic carbocycles. The molecule has 8 heteroatoms. The fourth-order valence-corrected chi connectivity index (χ4v) is 6.14. The van der Waals surface area contributed by atoms with Crippen LogP contribution in [0.1, 0.15) is 37.4 Å². The highest BCUT2D eigenvalue weighted by Crippen LogP contribution is 2.42. The van der Waals surface area contributed by atoms with Crippen LogP contribution in [0.5, 0.6) is 11.5 Å². The van der Waals surface area contributed by atoms with E-state index in [4.69, 9.17) is 21.1 Å². The van der Waals surface area contributed by atoms with Gasteiger partial charge in [-0.15, -0.1) is 11.8 Å². The number of hydrogen-bond donors (Lipinski definition) is 1. The highest BCUT2D eigenvalue weighted by atomic mass is 35.5. The third-order valence-corrected chi connectivity index (χ3v) is 8.55. The van der Waals surface area contributed by atoms with Gasteiger partial charge < -0.3 is 19.5 Å². The van der Waals surface area contributed by atoms with Gasteiger partial charge in [0.1, 0.15) is 17.7 Å². The number of aromatic nitrogens is 1. The molecule has 3 aromatic rings. The first-order valence-corrected chi connectivity index (χ1v) is 13.7. The monoisotopic (exact) mass is 532 g/mol. The minimum Gasteiger partial charge on any atom is -0.497 e. The predicted molar refractivity (Wildman–Crippen MR) is 145 cm³/mol. The van der Waals surface area contributed by atoms with E-state index in [2.05, 4.69) is 22.0 Å². The number of ether oxygens (including phenoxy) is 2. The average molecular weight is 533 g/mol. The number of aliphatic hydroxyl groups is 1. The van der Waals surface area contributed by atoms with E-state index in [1.54, 1.807) is 20.3 Å². The van der Waals surface area contributed by atoms with Crippen LogP contribution < -0.4 is 9.47 Å². The van der Waals surface area contributed by atoms with E-state index in [1.807, 2.05) is 36.0 Å². The van der Waals surface area contributed by atoms with Crippen LogP contribution in [0.4, 0.5) is 4.39 Å². The highest BCUT2D eigenvalue weighted by molar-refractivity contribution is 7.99. The van der Waals surface area contributed by atoms with Crippen LogP contribution in [0.15, 0.2) is 53.6 Å². The van der Waals surface area contributed by atoms with E-state index >= 15 is 4.39 Å². The van der Waals surface area contributed by atoms with Gasteiger partial charge in [0.05, 0.1) is 24.8 Å². The Bertz CT molecular complexity index is 1160. The molecule has 2 aromatic carbocycles. The van der Waals surface area contributed by atoms with E-state index in [0.717, 1.165) is 44.0 Å². The molecule has 194 valence electrons. The number of fused-ring (bicyclic) bond motifs is 1. The van der Waals surface area contributed by atoms with Crippen molar-refractivity contribution >= 4 is 34.3 Å². The van der Waals surface area contributed by atoms with Crippen molar-refractivity contribution in [2.45, 2.75) is 36.8 Å². The predicted octanol–water partition coefficient (Wildman–Crippen LogP) is 6.56. The lowest BCUT2D eigenvalue weighted by Gasteiger charge is -2.41. The van der Waals surface area contributed by atoms with Crippen LogP contribution >= 0.6 is 23.4 Å². The van der Waals surface area contributed by atoms with E-state index in [9.17, 15) is 5.11 Å². The Balaban J connectivity index is 1.32. The zero-order chi connectivity index (χ0) is 25.5. The molecule has 0 spiro atoms. The van der Waals surface area contributed by atoms with Crippen molar-refractivity contribution in [2.24, 2.45) is 5.41 Å². The number of rotatable bonds is 11. The van der Waals surface area contributed by atoms with Gasteiger partial charge in [0.15, 0.2) is 0 Å². The number of benzene rings is 2. The molecule has 1 atom stereocenters. The molecule has 0 radical (unpaired) electrons. The van der Waals surface area contributed by atoms with Crippen molar-refractivity contribution in [3.63, 3.8) is 0 Å². The molecule has 2 heterocycles.